The molecule has 1 atom stereocenters. The Hall–Kier alpha value is -1.82. The van der Waals surface area contributed by atoms with Gasteiger partial charge in [-0.3, -0.25) is 0 Å². The van der Waals surface area contributed by atoms with Crippen molar-refractivity contribution < 1.29 is 0 Å². The van der Waals surface area contributed by atoms with Crippen LogP contribution in [0.4, 0.5) is 0 Å². The molecule has 2 aliphatic rings. The lowest BCUT2D eigenvalue weighted by molar-refractivity contribution is 0.668. The minimum Gasteiger partial charge on any atom is -0.0991 e. The first kappa shape index (κ1) is 13.2. The normalized spacial score (nSPS) is 23.9. The first-order valence-electron chi connectivity index (χ1n) is 7.65. The van der Waals surface area contributed by atoms with Gasteiger partial charge in [-0.15, -0.1) is 0 Å². The Morgan fingerprint density at radius 1 is 1.20 bits per heavy atom. The number of allylic oxidation sites excluding steroid dienone is 7. The fourth-order valence-corrected chi connectivity index (χ4v) is 3.67. The zero-order chi connectivity index (χ0) is 13.9. The van der Waals surface area contributed by atoms with Crippen molar-refractivity contribution in [1.82, 2.24) is 0 Å². The molecule has 0 radical (unpaired) electrons. The molecule has 1 unspecified atom stereocenters. The van der Waals surface area contributed by atoms with Gasteiger partial charge in [0.1, 0.15) is 0 Å². The molecule has 0 amide bonds. The lowest BCUT2D eigenvalue weighted by atomic mass is 9.89. The van der Waals surface area contributed by atoms with E-state index < -0.39 is 0 Å². The van der Waals surface area contributed by atoms with Gasteiger partial charge in [0.05, 0.1) is 0 Å². The SMILES string of the molecule is C=C/C=C\C1=C2C(=C\C)/CCCCC2c2ccccc21. The molecule has 20 heavy (non-hydrogen) atoms. The topological polar surface area (TPSA) is 0 Å². The van der Waals surface area contributed by atoms with Crippen molar-refractivity contribution in [2.24, 2.45) is 0 Å². The molecule has 0 aliphatic heterocycles. The maximum atomic E-state index is 3.82. The van der Waals surface area contributed by atoms with Crippen molar-refractivity contribution in [2.45, 2.75) is 38.5 Å². The zero-order valence-electron chi connectivity index (χ0n) is 12.2. The van der Waals surface area contributed by atoms with Gasteiger partial charge < -0.3 is 0 Å². The van der Waals surface area contributed by atoms with E-state index in [1.54, 1.807) is 11.1 Å². The first-order valence-corrected chi connectivity index (χ1v) is 7.65. The van der Waals surface area contributed by atoms with Crippen molar-refractivity contribution in [2.75, 3.05) is 0 Å². The quantitative estimate of drug-likeness (QED) is 0.591. The summed E-state index contributed by atoms with van der Waals surface area (Å²) in [6.45, 7) is 6.00. The summed E-state index contributed by atoms with van der Waals surface area (Å²) in [4.78, 5) is 0. The molecule has 2 aliphatic carbocycles. The molecule has 0 saturated heterocycles. The highest BCUT2D eigenvalue weighted by atomic mass is 14.4. The minimum atomic E-state index is 0.601. The third kappa shape index (κ3) is 2.10. The average Bonchev–Trinajstić information content (AvgIpc) is 2.65. The minimum absolute atomic E-state index is 0.601. The monoisotopic (exact) mass is 262 g/mol. The molecule has 0 N–H and O–H groups in total. The van der Waals surface area contributed by atoms with Crippen LogP contribution in [-0.2, 0) is 0 Å². The molecular weight excluding hydrogens is 240 g/mol. The van der Waals surface area contributed by atoms with Crippen LogP contribution in [0.1, 0.15) is 49.7 Å². The Labute approximate surface area is 122 Å². The van der Waals surface area contributed by atoms with E-state index in [1.807, 2.05) is 6.08 Å². The van der Waals surface area contributed by atoms with Gasteiger partial charge in [-0.05, 0) is 54.0 Å². The van der Waals surface area contributed by atoms with Gasteiger partial charge in [0.15, 0.2) is 0 Å². The van der Waals surface area contributed by atoms with Gasteiger partial charge in [-0.2, -0.15) is 0 Å². The zero-order valence-corrected chi connectivity index (χ0v) is 12.2. The van der Waals surface area contributed by atoms with Gasteiger partial charge in [0.2, 0.25) is 0 Å². The molecule has 1 saturated carbocycles. The van der Waals surface area contributed by atoms with Gasteiger partial charge in [0.25, 0.3) is 0 Å². The molecule has 1 fully saturated rings. The van der Waals surface area contributed by atoms with Crippen LogP contribution in [0.3, 0.4) is 0 Å². The van der Waals surface area contributed by atoms with Gasteiger partial charge in [-0.1, -0.05) is 61.6 Å². The van der Waals surface area contributed by atoms with E-state index in [1.165, 1.54) is 42.4 Å². The summed E-state index contributed by atoms with van der Waals surface area (Å²) in [5, 5.41) is 0. The standard InChI is InChI=1S/C20H22/c1-3-5-11-18-16-12-8-9-13-17(16)19-14-7-6-10-15(4-2)20(18)19/h3-5,8-9,11-13,19H,1,6-7,10,14H2,2H3/b11-5-,15-4-. The molecule has 0 spiro atoms. The number of hydrogen-bond acceptors (Lipinski definition) is 0. The lowest BCUT2D eigenvalue weighted by Gasteiger charge is -2.15. The summed E-state index contributed by atoms with van der Waals surface area (Å²) in [5.41, 5.74) is 7.48. The van der Waals surface area contributed by atoms with Crippen molar-refractivity contribution in [3.05, 3.63) is 77.4 Å². The van der Waals surface area contributed by atoms with Gasteiger partial charge >= 0.3 is 0 Å². The van der Waals surface area contributed by atoms with E-state index in [0.717, 1.165) is 0 Å². The van der Waals surface area contributed by atoms with Crippen molar-refractivity contribution >= 4 is 5.57 Å². The third-order valence-corrected chi connectivity index (χ3v) is 4.55. The Morgan fingerprint density at radius 2 is 2.05 bits per heavy atom. The average molecular weight is 262 g/mol. The highest BCUT2D eigenvalue weighted by Gasteiger charge is 2.32. The lowest BCUT2D eigenvalue weighted by Crippen LogP contribution is -1.98. The molecular formula is C20H22. The fourth-order valence-electron chi connectivity index (χ4n) is 3.67. The molecule has 0 bridgehead atoms. The second-order valence-electron chi connectivity index (χ2n) is 5.62. The predicted molar refractivity (Wildman–Crippen MR) is 87.7 cm³/mol. The largest absolute Gasteiger partial charge is 0.0991 e. The number of fused-ring (bicyclic) bond motifs is 3. The van der Waals surface area contributed by atoms with Gasteiger partial charge in [0, 0.05) is 5.92 Å². The van der Waals surface area contributed by atoms with E-state index in [9.17, 15) is 0 Å². The van der Waals surface area contributed by atoms with Crippen LogP contribution in [0, 0.1) is 0 Å². The van der Waals surface area contributed by atoms with Crippen LogP contribution < -0.4 is 0 Å². The van der Waals surface area contributed by atoms with Crippen LogP contribution in [0.2, 0.25) is 0 Å². The highest BCUT2D eigenvalue weighted by Crippen LogP contribution is 2.50. The Kier molecular flexibility index (Phi) is 3.73. The number of hydrogen-bond donors (Lipinski definition) is 0. The maximum Gasteiger partial charge on any atom is 0.0104 e. The number of benzene rings is 1. The van der Waals surface area contributed by atoms with Crippen molar-refractivity contribution in [3.63, 3.8) is 0 Å². The first-order chi connectivity index (χ1) is 9.86. The smallest absolute Gasteiger partial charge is 0.0104 e. The summed E-state index contributed by atoms with van der Waals surface area (Å²) in [5.74, 6) is 0.601. The fraction of sp³-hybridized carbons (Fsp3) is 0.300. The molecule has 0 aromatic heterocycles. The Balaban J connectivity index is 2.22. The van der Waals surface area contributed by atoms with Crippen LogP contribution >= 0.6 is 0 Å². The molecule has 0 heterocycles. The molecule has 0 heteroatoms. The Morgan fingerprint density at radius 3 is 2.85 bits per heavy atom. The van der Waals surface area contributed by atoms with Crippen molar-refractivity contribution in [1.29, 1.82) is 0 Å². The maximum absolute atomic E-state index is 3.82. The molecule has 3 rings (SSSR count). The van der Waals surface area contributed by atoms with E-state index >= 15 is 0 Å². The third-order valence-electron chi connectivity index (χ3n) is 4.55. The van der Waals surface area contributed by atoms with Crippen LogP contribution in [0.25, 0.3) is 5.57 Å². The summed E-state index contributed by atoms with van der Waals surface area (Å²) in [6.07, 6.45) is 13.7. The highest BCUT2D eigenvalue weighted by molar-refractivity contribution is 5.87. The van der Waals surface area contributed by atoms with Gasteiger partial charge in [-0.25, -0.2) is 0 Å². The van der Waals surface area contributed by atoms with Crippen molar-refractivity contribution in [3.8, 4) is 0 Å². The molecule has 1 aromatic rings. The van der Waals surface area contributed by atoms with E-state index in [-0.39, 0.29) is 0 Å². The predicted octanol–water partition coefficient (Wildman–Crippen LogP) is 5.80. The summed E-state index contributed by atoms with van der Waals surface area (Å²) in [6, 6.07) is 8.92. The van der Waals surface area contributed by atoms with Crippen LogP contribution in [0.15, 0.2) is 66.3 Å². The van der Waals surface area contributed by atoms with E-state index in [0.29, 0.717) is 5.92 Å². The van der Waals surface area contributed by atoms with E-state index in [2.05, 4.69) is 56.0 Å². The number of rotatable bonds is 2. The summed E-state index contributed by atoms with van der Waals surface area (Å²) < 4.78 is 0. The molecule has 1 aromatic carbocycles. The summed E-state index contributed by atoms with van der Waals surface area (Å²) in [7, 11) is 0. The summed E-state index contributed by atoms with van der Waals surface area (Å²) >= 11 is 0. The van der Waals surface area contributed by atoms with Crippen LogP contribution in [-0.4, -0.2) is 0 Å². The molecule has 102 valence electrons. The second kappa shape index (κ2) is 5.66. The Bertz CT molecular complexity index is 611. The van der Waals surface area contributed by atoms with Crippen LogP contribution in [0.5, 0.6) is 0 Å². The van der Waals surface area contributed by atoms with E-state index in [4.69, 9.17) is 0 Å². The second-order valence-corrected chi connectivity index (χ2v) is 5.62. The molecule has 0 nitrogen and oxygen atoms in total.